The van der Waals surface area contributed by atoms with Gasteiger partial charge in [-0.1, -0.05) is 19.1 Å². The molecule has 2 aliphatic rings. The minimum Gasteiger partial charge on any atom is -0.378 e. The second-order valence-electron chi connectivity index (χ2n) is 10.3. The molecule has 2 fully saturated rings. The molecule has 4 rings (SSSR count). The summed E-state index contributed by atoms with van der Waals surface area (Å²) < 4.78 is 5.39. The Labute approximate surface area is 245 Å². The Morgan fingerprint density at radius 1 is 1.08 bits per heavy atom. The molecule has 8 nitrogen and oxygen atoms in total. The molecule has 1 N–H and O–H groups in total. The van der Waals surface area contributed by atoms with Crippen LogP contribution in [0.2, 0.25) is 0 Å². The molecule has 10 heteroatoms. The fourth-order valence-corrected chi connectivity index (χ4v) is 5.32. The highest BCUT2D eigenvalue weighted by Crippen LogP contribution is 2.22. The van der Waals surface area contributed by atoms with Crippen LogP contribution < -0.4 is 5.32 Å². The average molecular weight is 581 g/mol. The van der Waals surface area contributed by atoms with E-state index in [2.05, 4.69) is 41.2 Å². The number of urea groups is 1. The van der Waals surface area contributed by atoms with Gasteiger partial charge in [-0.3, -0.25) is 9.78 Å². The van der Waals surface area contributed by atoms with Crippen molar-refractivity contribution < 1.29 is 14.3 Å². The lowest BCUT2D eigenvalue weighted by atomic mass is 9.95. The predicted molar refractivity (Wildman–Crippen MR) is 160 cm³/mol. The van der Waals surface area contributed by atoms with Crippen molar-refractivity contribution in [2.75, 3.05) is 57.8 Å². The van der Waals surface area contributed by atoms with Crippen molar-refractivity contribution in [1.82, 2.24) is 19.7 Å². The number of pyridine rings is 1. The first kappa shape index (κ1) is 32.8. The van der Waals surface area contributed by atoms with E-state index in [1.165, 1.54) is 5.56 Å². The molecular formula is C29H43Cl2N5O3. The maximum absolute atomic E-state index is 12.8. The van der Waals surface area contributed by atoms with Gasteiger partial charge in [0.05, 0.1) is 18.8 Å². The Hall–Kier alpha value is -2.39. The van der Waals surface area contributed by atoms with Gasteiger partial charge < -0.3 is 24.8 Å². The number of hydrogen-bond donors (Lipinski definition) is 1. The highest BCUT2D eigenvalue weighted by Gasteiger charge is 2.28. The van der Waals surface area contributed by atoms with Crippen LogP contribution in [0.4, 0.5) is 10.5 Å². The molecule has 39 heavy (non-hydrogen) atoms. The lowest BCUT2D eigenvalue weighted by Gasteiger charge is -2.39. The fourth-order valence-electron chi connectivity index (χ4n) is 5.32. The van der Waals surface area contributed by atoms with E-state index in [4.69, 9.17) is 4.74 Å². The Morgan fingerprint density at radius 3 is 2.46 bits per heavy atom. The summed E-state index contributed by atoms with van der Waals surface area (Å²) in [5.41, 5.74) is 2.56. The molecule has 1 unspecified atom stereocenters. The van der Waals surface area contributed by atoms with E-state index in [-0.39, 0.29) is 36.8 Å². The van der Waals surface area contributed by atoms with E-state index in [0.717, 1.165) is 57.5 Å². The van der Waals surface area contributed by atoms with Gasteiger partial charge in [-0.25, -0.2) is 4.79 Å². The second-order valence-corrected chi connectivity index (χ2v) is 10.3. The maximum Gasteiger partial charge on any atom is 0.320 e. The summed E-state index contributed by atoms with van der Waals surface area (Å²) in [7, 11) is 0. The zero-order valence-electron chi connectivity index (χ0n) is 23.1. The van der Waals surface area contributed by atoms with E-state index in [1.54, 1.807) is 24.5 Å². The number of morpholine rings is 1. The lowest BCUT2D eigenvalue weighted by molar-refractivity contribution is 0.0386. The smallest absolute Gasteiger partial charge is 0.320 e. The van der Waals surface area contributed by atoms with Crippen LogP contribution in [0.15, 0.2) is 48.8 Å². The monoisotopic (exact) mass is 579 g/mol. The number of anilines is 1. The summed E-state index contributed by atoms with van der Waals surface area (Å²) in [5.74, 6) is 0.456. The Kier molecular flexibility index (Phi) is 14.0. The van der Waals surface area contributed by atoms with Gasteiger partial charge in [0.1, 0.15) is 0 Å². The van der Waals surface area contributed by atoms with Gasteiger partial charge in [0, 0.05) is 56.8 Å². The van der Waals surface area contributed by atoms with E-state index in [1.807, 2.05) is 21.9 Å². The number of amides is 3. The molecule has 2 aromatic rings. The molecule has 0 saturated carbocycles. The van der Waals surface area contributed by atoms with Crippen LogP contribution >= 0.6 is 24.8 Å². The minimum absolute atomic E-state index is 0. The molecule has 1 atom stereocenters. The average Bonchev–Trinajstić information content (AvgIpc) is 2.94. The number of piperidine rings is 1. The molecular weight excluding hydrogens is 537 g/mol. The summed E-state index contributed by atoms with van der Waals surface area (Å²) >= 11 is 0. The molecule has 0 radical (unpaired) electrons. The van der Waals surface area contributed by atoms with Crippen molar-refractivity contribution in [3.63, 3.8) is 0 Å². The standard InChI is InChI=1S/C29H41N5O3.2ClH/c1-3-12-34(22-24-9-13-32(14-10-24)29(36)33-15-17-37-18-16-33)23(2)19-25-6-4-8-27(20-25)31-28(35)26-7-5-11-30-21-26;;/h4-8,11,20-21,23-24H,3,9-10,12-19,22H2,1-2H3,(H,31,35);2*1H. The van der Waals surface area contributed by atoms with Crippen molar-refractivity contribution in [2.45, 2.75) is 45.6 Å². The zero-order chi connectivity index (χ0) is 26.0. The molecule has 2 aliphatic heterocycles. The van der Waals surface area contributed by atoms with Crippen LogP contribution in [0.25, 0.3) is 0 Å². The number of hydrogen-bond acceptors (Lipinski definition) is 5. The first-order valence-corrected chi connectivity index (χ1v) is 13.7. The van der Waals surface area contributed by atoms with Gasteiger partial charge in [0.15, 0.2) is 0 Å². The molecule has 0 spiro atoms. The van der Waals surface area contributed by atoms with Crippen molar-refractivity contribution in [3.8, 4) is 0 Å². The largest absolute Gasteiger partial charge is 0.378 e. The van der Waals surface area contributed by atoms with Gasteiger partial charge in [-0.2, -0.15) is 0 Å². The number of aromatic nitrogens is 1. The molecule has 1 aromatic carbocycles. The zero-order valence-corrected chi connectivity index (χ0v) is 24.7. The number of rotatable bonds is 9. The van der Waals surface area contributed by atoms with Crippen molar-refractivity contribution >= 4 is 42.4 Å². The number of halogens is 2. The molecule has 3 amide bonds. The van der Waals surface area contributed by atoms with Gasteiger partial charge in [-0.15, -0.1) is 24.8 Å². The van der Waals surface area contributed by atoms with E-state index < -0.39 is 0 Å². The third kappa shape index (κ3) is 9.64. The van der Waals surface area contributed by atoms with Gasteiger partial charge in [-0.05, 0) is 74.9 Å². The van der Waals surface area contributed by atoms with Crippen LogP contribution in [-0.4, -0.2) is 90.1 Å². The molecule has 3 heterocycles. The number of nitrogens with one attached hydrogen (secondary N) is 1. The fraction of sp³-hybridized carbons (Fsp3) is 0.552. The number of ether oxygens (including phenoxy) is 1. The Bertz CT molecular complexity index is 1010. The molecule has 2 saturated heterocycles. The lowest BCUT2D eigenvalue weighted by Crippen LogP contribution is -2.51. The van der Waals surface area contributed by atoms with Gasteiger partial charge >= 0.3 is 6.03 Å². The van der Waals surface area contributed by atoms with Crippen LogP contribution in [0.1, 0.15) is 49.0 Å². The first-order chi connectivity index (χ1) is 18.0. The van der Waals surface area contributed by atoms with Crippen molar-refractivity contribution in [1.29, 1.82) is 0 Å². The Morgan fingerprint density at radius 2 is 1.79 bits per heavy atom. The van der Waals surface area contributed by atoms with Crippen LogP contribution in [0.5, 0.6) is 0 Å². The van der Waals surface area contributed by atoms with Crippen molar-refractivity contribution in [2.24, 2.45) is 5.92 Å². The molecule has 1 aromatic heterocycles. The van der Waals surface area contributed by atoms with Gasteiger partial charge in [0.25, 0.3) is 5.91 Å². The van der Waals surface area contributed by atoms with Gasteiger partial charge in [0.2, 0.25) is 0 Å². The topological polar surface area (TPSA) is 78.0 Å². The predicted octanol–water partition coefficient (Wildman–Crippen LogP) is 4.98. The summed E-state index contributed by atoms with van der Waals surface area (Å²) in [6.45, 7) is 11.0. The number of carbonyl (C=O) groups excluding carboxylic acids is 2. The molecule has 0 aliphatic carbocycles. The summed E-state index contributed by atoms with van der Waals surface area (Å²) in [6.07, 6.45) is 7.38. The molecule has 216 valence electrons. The van der Waals surface area contributed by atoms with Crippen LogP contribution in [0.3, 0.4) is 0 Å². The third-order valence-corrected chi connectivity index (χ3v) is 7.43. The normalized spacial score (nSPS) is 16.7. The number of benzene rings is 1. The SMILES string of the molecule is CCCN(CC1CCN(C(=O)N2CCOCC2)CC1)C(C)Cc1cccc(NC(=O)c2cccnc2)c1.Cl.Cl. The minimum atomic E-state index is -0.149. The number of likely N-dealkylation sites (tertiary alicyclic amines) is 1. The number of carbonyl (C=O) groups is 2. The van der Waals surface area contributed by atoms with Crippen LogP contribution in [0, 0.1) is 5.92 Å². The maximum atomic E-state index is 12.8. The highest BCUT2D eigenvalue weighted by molar-refractivity contribution is 6.04. The summed E-state index contributed by atoms with van der Waals surface area (Å²) in [4.78, 5) is 35.9. The van der Waals surface area contributed by atoms with E-state index in [9.17, 15) is 9.59 Å². The first-order valence-electron chi connectivity index (χ1n) is 13.7. The summed E-state index contributed by atoms with van der Waals surface area (Å²) in [5, 5.41) is 2.99. The highest BCUT2D eigenvalue weighted by atomic mass is 35.5. The summed E-state index contributed by atoms with van der Waals surface area (Å²) in [6, 6.07) is 12.2. The van der Waals surface area contributed by atoms with Crippen LogP contribution in [-0.2, 0) is 11.2 Å². The number of nitrogens with zero attached hydrogens (tertiary/aromatic N) is 4. The van der Waals surface area contributed by atoms with Crippen molar-refractivity contribution in [3.05, 3.63) is 59.9 Å². The second kappa shape index (κ2) is 16.7. The quantitative estimate of drug-likeness (QED) is 0.453. The molecule has 0 bridgehead atoms. The third-order valence-electron chi connectivity index (χ3n) is 7.43. The Balaban J connectivity index is 0.00000267. The van der Waals surface area contributed by atoms with E-state index in [0.29, 0.717) is 43.8 Å². The van der Waals surface area contributed by atoms with E-state index >= 15 is 0 Å².